The quantitative estimate of drug-likeness (QED) is 0.382. The van der Waals surface area contributed by atoms with Crippen molar-refractivity contribution in [3.63, 3.8) is 0 Å². The molecule has 2 aromatic rings. The lowest BCUT2D eigenvalue weighted by molar-refractivity contribution is -0.134. The zero-order valence-electron chi connectivity index (χ0n) is 17.1. The molecule has 0 saturated heterocycles. The number of aromatic hydroxyl groups is 1. The molecule has 0 unspecified atom stereocenters. The van der Waals surface area contributed by atoms with E-state index in [4.69, 9.17) is 25.8 Å². The first-order valence-corrected chi connectivity index (χ1v) is 9.90. The molecule has 158 valence electrons. The third kappa shape index (κ3) is 4.44. The van der Waals surface area contributed by atoms with E-state index in [1.165, 1.54) is 7.11 Å². The summed E-state index contributed by atoms with van der Waals surface area (Å²) in [6.07, 6.45) is 2.92. The fourth-order valence-corrected chi connectivity index (χ4v) is 3.58. The van der Waals surface area contributed by atoms with Crippen molar-refractivity contribution in [2.45, 2.75) is 39.7 Å². The number of hydrogen-bond donors (Lipinski definition) is 1. The number of halogens is 1. The zero-order valence-corrected chi connectivity index (χ0v) is 17.8. The minimum atomic E-state index is -0.530. The van der Waals surface area contributed by atoms with E-state index in [1.54, 1.807) is 24.3 Å². The molecule has 1 N–H and O–H groups in total. The van der Waals surface area contributed by atoms with E-state index in [2.05, 4.69) is 0 Å². The van der Waals surface area contributed by atoms with Crippen LogP contribution in [0.2, 0.25) is 5.02 Å². The molecule has 30 heavy (non-hydrogen) atoms. The van der Waals surface area contributed by atoms with Crippen LogP contribution in [0, 0.1) is 6.92 Å². The van der Waals surface area contributed by atoms with Crippen molar-refractivity contribution >= 4 is 23.5 Å². The summed E-state index contributed by atoms with van der Waals surface area (Å²) in [7, 11) is 1.52. The van der Waals surface area contributed by atoms with Gasteiger partial charge in [0.15, 0.2) is 0 Å². The lowest BCUT2D eigenvalue weighted by Crippen LogP contribution is -2.08. The second-order valence-corrected chi connectivity index (χ2v) is 7.48. The van der Waals surface area contributed by atoms with Crippen molar-refractivity contribution in [3.8, 4) is 17.2 Å². The molecule has 1 aliphatic heterocycles. The Balaban J connectivity index is 1.69. The van der Waals surface area contributed by atoms with E-state index in [1.807, 2.05) is 19.9 Å². The monoisotopic (exact) mass is 430 g/mol. The van der Waals surface area contributed by atoms with Crippen molar-refractivity contribution in [3.05, 3.63) is 63.2 Å². The number of ether oxygens (including phenoxy) is 3. The first kappa shape index (κ1) is 21.7. The Morgan fingerprint density at radius 1 is 1.30 bits per heavy atom. The molecule has 1 aliphatic rings. The summed E-state index contributed by atoms with van der Waals surface area (Å²) in [5.74, 6) is -0.158. The standard InChI is InChI=1S/C23H23ClO6/c1-13(9-11-19(25)30-18-7-5-4-6-17(18)24)8-10-15-21(26)20-16(12-29-23(20)27)14(2)22(15)28-3/h4-8,26H,9-12H2,1-3H3. The molecule has 3 rings (SSSR count). The molecule has 0 amide bonds. The predicted molar refractivity (Wildman–Crippen MR) is 112 cm³/mol. The van der Waals surface area contributed by atoms with Crippen LogP contribution in [0.3, 0.4) is 0 Å². The number of phenolic OH excluding ortho intramolecular Hbond substituents is 1. The highest BCUT2D eigenvalue weighted by Crippen LogP contribution is 2.42. The van der Waals surface area contributed by atoms with Gasteiger partial charge in [-0.05, 0) is 44.4 Å². The number of carbonyl (C=O) groups excluding carboxylic acids is 2. The van der Waals surface area contributed by atoms with Gasteiger partial charge in [0.05, 0.1) is 12.1 Å². The summed E-state index contributed by atoms with van der Waals surface area (Å²) in [5.41, 5.74) is 3.10. The van der Waals surface area contributed by atoms with E-state index in [-0.39, 0.29) is 30.3 Å². The molecule has 0 saturated carbocycles. The minimum Gasteiger partial charge on any atom is -0.507 e. The Kier molecular flexibility index (Phi) is 6.67. The molecule has 1 heterocycles. The molecule has 0 fully saturated rings. The van der Waals surface area contributed by atoms with Crippen molar-refractivity contribution in [2.75, 3.05) is 7.11 Å². The molecule has 0 bridgehead atoms. The number of benzene rings is 2. The minimum absolute atomic E-state index is 0.114. The van der Waals surface area contributed by atoms with E-state index in [0.717, 1.165) is 11.1 Å². The van der Waals surface area contributed by atoms with E-state index in [9.17, 15) is 14.7 Å². The number of methoxy groups -OCH3 is 1. The van der Waals surface area contributed by atoms with E-state index >= 15 is 0 Å². The number of fused-ring (bicyclic) bond motifs is 1. The number of phenols is 1. The maximum atomic E-state index is 12.1. The molecule has 6 nitrogen and oxygen atoms in total. The zero-order chi connectivity index (χ0) is 21.8. The molecular formula is C23H23ClO6. The Hall–Kier alpha value is -2.99. The number of cyclic esters (lactones) is 1. The van der Waals surface area contributed by atoms with Crippen LogP contribution in [-0.4, -0.2) is 24.2 Å². The van der Waals surface area contributed by atoms with Gasteiger partial charge in [-0.1, -0.05) is 35.4 Å². The maximum Gasteiger partial charge on any atom is 0.342 e. The maximum absolute atomic E-state index is 12.1. The largest absolute Gasteiger partial charge is 0.507 e. The number of rotatable bonds is 7. The van der Waals surface area contributed by atoms with Gasteiger partial charge in [-0.2, -0.15) is 0 Å². The third-order valence-corrected chi connectivity index (χ3v) is 5.40. The number of hydrogen-bond acceptors (Lipinski definition) is 6. The number of carbonyl (C=O) groups is 2. The summed E-state index contributed by atoms with van der Waals surface area (Å²) in [6.45, 7) is 3.86. The van der Waals surface area contributed by atoms with Gasteiger partial charge >= 0.3 is 11.9 Å². The Morgan fingerprint density at radius 3 is 2.73 bits per heavy atom. The van der Waals surface area contributed by atoms with Crippen molar-refractivity contribution in [1.29, 1.82) is 0 Å². The van der Waals surface area contributed by atoms with Crippen molar-refractivity contribution < 1.29 is 28.9 Å². The summed E-state index contributed by atoms with van der Waals surface area (Å²) in [4.78, 5) is 24.1. The fourth-order valence-electron chi connectivity index (χ4n) is 3.41. The SMILES string of the molecule is COc1c(C)c2c(c(O)c1CC=C(C)CCC(=O)Oc1ccccc1Cl)C(=O)OC2. The van der Waals surface area contributed by atoms with E-state index in [0.29, 0.717) is 40.5 Å². The van der Waals surface area contributed by atoms with Gasteiger partial charge in [-0.25, -0.2) is 4.79 Å². The summed E-state index contributed by atoms with van der Waals surface area (Å²) in [6, 6.07) is 6.80. The number of esters is 2. The molecule has 0 radical (unpaired) electrons. The highest BCUT2D eigenvalue weighted by Gasteiger charge is 2.31. The van der Waals surface area contributed by atoms with Gasteiger partial charge in [-0.3, -0.25) is 4.79 Å². The Bertz CT molecular complexity index is 1020. The Labute approximate surface area is 180 Å². The van der Waals surface area contributed by atoms with Crippen molar-refractivity contribution in [2.24, 2.45) is 0 Å². The molecule has 7 heteroatoms. The van der Waals surface area contributed by atoms with Crippen LogP contribution in [0.1, 0.15) is 46.8 Å². The van der Waals surface area contributed by atoms with Crippen LogP contribution < -0.4 is 9.47 Å². The molecule has 0 spiro atoms. The highest BCUT2D eigenvalue weighted by atomic mass is 35.5. The summed E-state index contributed by atoms with van der Waals surface area (Å²) < 4.78 is 15.8. The van der Waals surface area contributed by atoms with Crippen LogP contribution in [0.4, 0.5) is 0 Å². The molecule has 0 aliphatic carbocycles. The lowest BCUT2D eigenvalue weighted by Gasteiger charge is -2.15. The topological polar surface area (TPSA) is 82.1 Å². The van der Waals surface area contributed by atoms with Crippen LogP contribution in [-0.2, 0) is 22.6 Å². The summed E-state index contributed by atoms with van der Waals surface area (Å²) >= 11 is 6.00. The van der Waals surface area contributed by atoms with Crippen LogP contribution in [0.5, 0.6) is 17.2 Å². The second kappa shape index (κ2) is 9.22. The van der Waals surface area contributed by atoms with Gasteiger partial charge in [0.1, 0.15) is 29.4 Å². The molecule has 0 atom stereocenters. The third-order valence-electron chi connectivity index (χ3n) is 5.09. The Morgan fingerprint density at radius 2 is 2.03 bits per heavy atom. The average molecular weight is 431 g/mol. The number of para-hydroxylation sites is 1. The normalized spacial score (nSPS) is 13.1. The van der Waals surface area contributed by atoms with Crippen molar-refractivity contribution in [1.82, 2.24) is 0 Å². The highest BCUT2D eigenvalue weighted by molar-refractivity contribution is 6.32. The van der Waals surface area contributed by atoms with Crippen LogP contribution in [0.15, 0.2) is 35.9 Å². The van der Waals surface area contributed by atoms with E-state index < -0.39 is 5.97 Å². The van der Waals surface area contributed by atoms with Crippen LogP contribution >= 0.6 is 11.6 Å². The van der Waals surface area contributed by atoms with Crippen LogP contribution in [0.25, 0.3) is 0 Å². The summed E-state index contributed by atoms with van der Waals surface area (Å²) in [5, 5.41) is 11.0. The molecule has 0 aromatic heterocycles. The second-order valence-electron chi connectivity index (χ2n) is 7.07. The first-order chi connectivity index (χ1) is 14.3. The smallest absolute Gasteiger partial charge is 0.342 e. The van der Waals surface area contributed by atoms with Gasteiger partial charge in [0.2, 0.25) is 0 Å². The predicted octanol–water partition coefficient (Wildman–Crippen LogP) is 4.91. The van der Waals surface area contributed by atoms with Gasteiger partial charge in [-0.15, -0.1) is 0 Å². The molecule has 2 aromatic carbocycles. The fraction of sp³-hybridized carbons (Fsp3) is 0.304. The average Bonchev–Trinajstić information content (AvgIpc) is 3.11. The van der Waals surface area contributed by atoms with Gasteiger partial charge < -0.3 is 19.3 Å². The van der Waals surface area contributed by atoms with Gasteiger partial charge in [0.25, 0.3) is 0 Å². The lowest BCUT2D eigenvalue weighted by atomic mass is 9.94. The van der Waals surface area contributed by atoms with Gasteiger partial charge in [0, 0.05) is 17.5 Å². The first-order valence-electron chi connectivity index (χ1n) is 9.52. The number of allylic oxidation sites excluding steroid dienone is 2. The molecular weight excluding hydrogens is 408 g/mol.